The number of thiophene rings is 1. The first-order valence-corrected chi connectivity index (χ1v) is 6.68. The van der Waals surface area contributed by atoms with E-state index in [9.17, 15) is 9.90 Å². The molecule has 94 valence electrons. The summed E-state index contributed by atoms with van der Waals surface area (Å²) in [6.07, 6.45) is 0. The van der Waals surface area contributed by atoms with Crippen LogP contribution in [-0.4, -0.2) is 17.6 Å². The zero-order valence-corrected chi connectivity index (χ0v) is 11.0. The zero-order chi connectivity index (χ0) is 13.0. The van der Waals surface area contributed by atoms with Crippen LogP contribution in [0.3, 0.4) is 0 Å². The summed E-state index contributed by atoms with van der Waals surface area (Å²) < 4.78 is 0. The molecule has 0 unspecified atom stereocenters. The van der Waals surface area contributed by atoms with Crippen molar-refractivity contribution in [2.75, 3.05) is 6.61 Å². The van der Waals surface area contributed by atoms with Gasteiger partial charge in [-0.05, 0) is 17.0 Å². The number of amides is 1. The van der Waals surface area contributed by atoms with Gasteiger partial charge >= 0.3 is 0 Å². The van der Waals surface area contributed by atoms with E-state index in [1.165, 1.54) is 11.3 Å². The smallest absolute Gasteiger partial charge is 0.263 e. The molecule has 1 amide bonds. The number of halogens is 1. The summed E-state index contributed by atoms with van der Waals surface area (Å²) in [5, 5.41) is 14.3. The van der Waals surface area contributed by atoms with Crippen LogP contribution in [0.4, 0.5) is 0 Å². The molecule has 1 aromatic carbocycles. The van der Waals surface area contributed by atoms with Crippen LogP contribution in [0.2, 0.25) is 5.02 Å². The molecule has 0 saturated carbocycles. The molecule has 2 aromatic rings. The highest BCUT2D eigenvalue weighted by molar-refractivity contribution is 7.12. The maximum absolute atomic E-state index is 12.0. The standard InChI is InChI=1S/C13H12ClNO2S/c14-10-6-7-18-12(10)13(17)15-11(8-16)9-4-2-1-3-5-9/h1-7,11,16H,8H2,(H,15,17)/t11-/m1/s1. The minimum Gasteiger partial charge on any atom is -0.394 e. The summed E-state index contributed by atoms with van der Waals surface area (Å²) >= 11 is 7.17. The van der Waals surface area contributed by atoms with Crippen molar-refractivity contribution in [3.05, 3.63) is 57.2 Å². The Hall–Kier alpha value is -1.36. The first kappa shape index (κ1) is 13.1. The molecule has 3 nitrogen and oxygen atoms in total. The summed E-state index contributed by atoms with van der Waals surface area (Å²) in [7, 11) is 0. The van der Waals surface area contributed by atoms with Crippen molar-refractivity contribution >= 4 is 28.8 Å². The van der Waals surface area contributed by atoms with Gasteiger partial charge in [0.2, 0.25) is 0 Å². The summed E-state index contributed by atoms with van der Waals surface area (Å²) in [4.78, 5) is 12.4. The van der Waals surface area contributed by atoms with Crippen LogP contribution in [0.5, 0.6) is 0 Å². The number of hydrogen-bond donors (Lipinski definition) is 2. The van der Waals surface area contributed by atoms with Crippen LogP contribution in [0.1, 0.15) is 21.3 Å². The minimum absolute atomic E-state index is 0.154. The number of nitrogens with one attached hydrogen (secondary N) is 1. The second kappa shape index (κ2) is 6.00. The minimum atomic E-state index is -0.420. The number of benzene rings is 1. The first-order chi connectivity index (χ1) is 8.72. The molecule has 0 spiro atoms. The lowest BCUT2D eigenvalue weighted by Crippen LogP contribution is -2.30. The van der Waals surface area contributed by atoms with Gasteiger partial charge in [0.15, 0.2) is 0 Å². The molecule has 1 atom stereocenters. The topological polar surface area (TPSA) is 49.3 Å². The maximum atomic E-state index is 12.0. The molecule has 1 aromatic heterocycles. The lowest BCUT2D eigenvalue weighted by molar-refractivity contribution is 0.0920. The highest BCUT2D eigenvalue weighted by atomic mass is 35.5. The maximum Gasteiger partial charge on any atom is 0.263 e. The fourth-order valence-corrected chi connectivity index (χ4v) is 2.64. The molecule has 0 aliphatic rings. The van der Waals surface area contributed by atoms with Gasteiger partial charge in [-0.25, -0.2) is 0 Å². The van der Waals surface area contributed by atoms with Gasteiger partial charge in [-0.2, -0.15) is 0 Å². The Morgan fingerprint density at radius 1 is 1.33 bits per heavy atom. The Morgan fingerprint density at radius 3 is 2.61 bits per heavy atom. The average Bonchev–Trinajstić information content (AvgIpc) is 2.83. The molecule has 18 heavy (non-hydrogen) atoms. The number of rotatable bonds is 4. The van der Waals surface area contributed by atoms with Crippen molar-refractivity contribution in [1.29, 1.82) is 0 Å². The van der Waals surface area contributed by atoms with E-state index in [-0.39, 0.29) is 12.5 Å². The van der Waals surface area contributed by atoms with E-state index in [0.717, 1.165) is 5.56 Å². The van der Waals surface area contributed by atoms with Crippen LogP contribution < -0.4 is 5.32 Å². The van der Waals surface area contributed by atoms with Gasteiger partial charge in [-0.3, -0.25) is 4.79 Å². The molecule has 0 aliphatic heterocycles. The molecule has 2 rings (SSSR count). The lowest BCUT2D eigenvalue weighted by atomic mass is 10.1. The van der Waals surface area contributed by atoms with Gasteiger partial charge in [0.05, 0.1) is 17.7 Å². The van der Waals surface area contributed by atoms with E-state index in [1.807, 2.05) is 30.3 Å². The van der Waals surface area contributed by atoms with Crippen LogP contribution in [-0.2, 0) is 0 Å². The van der Waals surface area contributed by atoms with Crippen molar-refractivity contribution in [1.82, 2.24) is 5.32 Å². The van der Waals surface area contributed by atoms with Crippen LogP contribution in [0.15, 0.2) is 41.8 Å². The number of carbonyl (C=O) groups excluding carboxylic acids is 1. The second-order valence-electron chi connectivity index (χ2n) is 3.72. The summed E-state index contributed by atoms with van der Waals surface area (Å²) in [5.41, 5.74) is 0.862. The zero-order valence-electron chi connectivity index (χ0n) is 9.47. The van der Waals surface area contributed by atoms with E-state index in [2.05, 4.69) is 5.32 Å². The molecule has 2 N–H and O–H groups in total. The Morgan fingerprint density at radius 2 is 2.06 bits per heavy atom. The van der Waals surface area contributed by atoms with Crippen LogP contribution in [0, 0.1) is 0 Å². The summed E-state index contributed by atoms with van der Waals surface area (Å²) in [6, 6.07) is 10.6. The van der Waals surface area contributed by atoms with Crippen molar-refractivity contribution in [3.8, 4) is 0 Å². The quantitative estimate of drug-likeness (QED) is 0.905. The molecule has 1 heterocycles. The average molecular weight is 282 g/mol. The third-order valence-electron chi connectivity index (χ3n) is 2.51. The molecule has 0 fully saturated rings. The monoisotopic (exact) mass is 281 g/mol. The number of hydrogen-bond acceptors (Lipinski definition) is 3. The second-order valence-corrected chi connectivity index (χ2v) is 5.04. The summed E-state index contributed by atoms with van der Waals surface area (Å²) in [6.45, 7) is -0.154. The Bertz CT molecular complexity index is 527. The highest BCUT2D eigenvalue weighted by Gasteiger charge is 2.17. The van der Waals surface area contributed by atoms with Crippen molar-refractivity contribution in [2.45, 2.75) is 6.04 Å². The van der Waals surface area contributed by atoms with Gasteiger partial charge in [0.25, 0.3) is 5.91 Å². The lowest BCUT2D eigenvalue weighted by Gasteiger charge is -2.16. The SMILES string of the molecule is O=C(N[C@H](CO)c1ccccc1)c1sccc1Cl. The van der Waals surface area contributed by atoms with Crippen molar-refractivity contribution < 1.29 is 9.90 Å². The highest BCUT2D eigenvalue weighted by Crippen LogP contribution is 2.23. The van der Waals surface area contributed by atoms with Gasteiger partial charge < -0.3 is 10.4 Å². The van der Waals surface area contributed by atoms with Gasteiger partial charge in [-0.1, -0.05) is 41.9 Å². The fraction of sp³-hybridized carbons (Fsp3) is 0.154. The van der Waals surface area contributed by atoms with E-state index >= 15 is 0 Å². The molecule has 0 bridgehead atoms. The van der Waals surface area contributed by atoms with E-state index < -0.39 is 6.04 Å². The number of aliphatic hydroxyl groups excluding tert-OH is 1. The normalized spacial score (nSPS) is 12.1. The molecule has 5 heteroatoms. The third kappa shape index (κ3) is 2.90. The van der Waals surface area contributed by atoms with E-state index in [1.54, 1.807) is 11.4 Å². The largest absolute Gasteiger partial charge is 0.394 e. The fourth-order valence-electron chi connectivity index (χ4n) is 1.60. The molecular weight excluding hydrogens is 270 g/mol. The first-order valence-electron chi connectivity index (χ1n) is 5.42. The van der Waals surface area contributed by atoms with E-state index in [4.69, 9.17) is 11.6 Å². The van der Waals surface area contributed by atoms with Gasteiger partial charge in [0.1, 0.15) is 4.88 Å². The molecule has 0 radical (unpaired) electrons. The predicted octanol–water partition coefficient (Wildman–Crippen LogP) is 2.86. The van der Waals surface area contributed by atoms with Crippen molar-refractivity contribution in [2.24, 2.45) is 0 Å². The Labute approximate surface area is 114 Å². The third-order valence-corrected chi connectivity index (χ3v) is 3.85. The predicted molar refractivity (Wildman–Crippen MR) is 73.1 cm³/mol. The van der Waals surface area contributed by atoms with Crippen LogP contribution >= 0.6 is 22.9 Å². The van der Waals surface area contributed by atoms with Gasteiger partial charge in [-0.15, -0.1) is 11.3 Å². The van der Waals surface area contributed by atoms with Crippen LogP contribution in [0.25, 0.3) is 0 Å². The Balaban J connectivity index is 2.13. The molecular formula is C13H12ClNO2S. The van der Waals surface area contributed by atoms with E-state index in [0.29, 0.717) is 9.90 Å². The molecule has 0 aliphatic carbocycles. The summed E-state index contributed by atoms with van der Waals surface area (Å²) in [5.74, 6) is -0.266. The number of aliphatic hydroxyl groups is 1. The van der Waals surface area contributed by atoms with Gasteiger partial charge in [0, 0.05) is 0 Å². The Kier molecular flexibility index (Phi) is 4.36. The number of carbonyl (C=O) groups is 1. The van der Waals surface area contributed by atoms with Crippen molar-refractivity contribution in [3.63, 3.8) is 0 Å². The molecule has 0 saturated heterocycles.